The van der Waals surface area contributed by atoms with Crippen LogP contribution >= 0.6 is 28.1 Å². The van der Waals surface area contributed by atoms with E-state index in [1.807, 2.05) is 13.8 Å². The smallest absolute Gasteiger partial charge is 0.276 e. The summed E-state index contributed by atoms with van der Waals surface area (Å²) in [5, 5.41) is 2.41. The van der Waals surface area contributed by atoms with Gasteiger partial charge in [0.15, 0.2) is 11.7 Å². The molecule has 0 aliphatic rings. The molecule has 0 aliphatic carbocycles. The van der Waals surface area contributed by atoms with E-state index in [1.165, 1.54) is 0 Å². The molecule has 30 heavy (non-hydrogen) atoms. The molecule has 0 aromatic heterocycles. The summed E-state index contributed by atoms with van der Waals surface area (Å²) in [7, 11) is 1.56. The van der Waals surface area contributed by atoms with Crippen LogP contribution in [0.3, 0.4) is 0 Å². The van der Waals surface area contributed by atoms with E-state index in [-0.39, 0.29) is 17.8 Å². The van der Waals surface area contributed by atoms with Gasteiger partial charge in [-0.1, -0.05) is 15.9 Å². The van der Waals surface area contributed by atoms with E-state index in [4.69, 9.17) is 26.4 Å². The zero-order chi connectivity index (χ0) is 22.1. The fourth-order valence-electron chi connectivity index (χ4n) is 2.22. The Morgan fingerprint density at radius 1 is 1.07 bits per heavy atom. The normalized spacial score (nSPS) is 10.2. The predicted octanol–water partition coefficient (Wildman–Crippen LogP) is 2.96. The highest BCUT2D eigenvalue weighted by Gasteiger charge is 2.16. The second-order valence-electron chi connectivity index (χ2n) is 6.23. The quantitative estimate of drug-likeness (QED) is 0.401. The number of methoxy groups -OCH3 is 1. The van der Waals surface area contributed by atoms with Crippen molar-refractivity contribution in [2.24, 2.45) is 0 Å². The van der Waals surface area contributed by atoms with Gasteiger partial charge in [-0.3, -0.25) is 25.8 Å². The molecule has 2 rings (SSSR count). The van der Waals surface area contributed by atoms with Crippen molar-refractivity contribution in [2.45, 2.75) is 20.0 Å². The van der Waals surface area contributed by atoms with Gasteiger partial charge in [0.2, 0.25) is 0 Å². The maximum absolute atomic E-state index is 12.5. The number of carbonyl (C=O) groups excluding carboxylic acids is 2. The van der Waals surface area contributed by atoms with Crippen molar-refractivity contribution in [3.8, 4) is 17.2 Å². The summed E-state index contributed by atoms with van der Waals surface area (Å²) in [5.74, 6) is 0.656. The third kappa shape index (κ3) is 7.53. The molecule has 0 radical (unpaired) electrons. The standard InChI is InChI=1S/C20H22BrN3O5S/c1-12(2)29-17-9-4-13(21)10-16(17)19(26)22-20(30)24-23-18(25)11-28-15-7-5-14(27-3)6-8-15/h4-10,12H,11H2,1-3H3,(H,23,25)(H2,22,24,26,30). The van der Waals surface area contributed by atoms with Crippen LogP contribution in [-0.4, -0.2) is 36.7 Å². The molecule has 0 fully saturated rings. The number of amides is 2. The van der Waals surface area contributed by atoms with Crippen LogP contribution in [0.5, 0.6) is 17.2 Å². The summed E-state index contributed by atoms with van der Waals surface area (Å²) >= 11 is 8.38. The molecule has 2 aromatic rings. The van der Waals surface area contributed by atoms with E-state index < -0.39 is 11.8 Å². The number of thiocarbonyl (C=S) groups is 1. The van der Waals surface area contributed by atoms with Crippen molar-refractivity contribution >= 4 is 45.1 Å². The third-order valence-corrected chi connectivity index (χ3v) is 4.22. The van der Waals surface area contributed by atoms with Gasteiger partial charge in [-0.25, -0.2) is 0 Å². The van der Waals surface area contributed by atoms with Gasteiger partial charge in [0, 0.05) is 4.47 Å². The zero-order valence-electron chi connectivity index (χ0n) is 16.7. The monoisotopic (exact) mass is 495 g/mol. The molecule has 0 atom stereocenters. The van der Waals surface area contributed by atoms with E-state index in [9.17, 15) is 9.59 Å². The number of ether oxygens (including phenoxy) is 3. The second kappa shape index (κ2) is 11.4. The minimum atomic E-state index is -0.479. The topological polar surface area (TPSA) is 97.9 Å². The van der Waals surface area contributed by atoms with E-state index in [2.05, 4.69) is 32.1 Å². The largest absolute Gasteiger partial charge is 0.497 e. The van der Waals surface area contributed by atoms with Crippen LogP contribution in [0.2, 0.25) is 0 Å². The van der Waals surface area contributed by atoms with E-state index >= 15 is 0 Å². The van der Waals surface area contributed by atoms with Gasteiger partial charge >= 0.3 is 0 Å². The Kier molecular flexibility index (Phi) is 8.88. The van der Waals surface area contributed by atoms with E-state index in [1.54, 1.807) is 49.6 Å². The number of hydrazine groups is 1. The van der Waals surface area contributed by atoms with Crippen LogP contribution < -0.4 is 30.4 Å². The lowest BCUT2D eigenvalue weighted by molar-refractivity contribution is -0.123. The molecule has 0 saturated carbocycles. The molecule has 0 bridgehead atoms. The highest BCUT2D eigenvalue weighted by molar-refractivity contribution is 9.10. The van der Waals surface area contributed by atoms with Crippen LogP contribution in [0, 0.1) is 0 Å². The maximum atomic E-state index is 12.5. The summed E-state index contributed by atoms with van der Waals surface area (Å²) in [5.41, 5.74) is 5.12. The number of halogens is 1. The Hall–Kier alpha value is -2.85. The van der Waals surface area contributed by atoms with Gasteiger partial charge in [0.1, 0.15) is 17.2 Å². The minimum absolute atomic E-state index is 0.0757. The second-order valence-corrected chi connectivity index (χ2v) is 7.55. The molecule has 160 valence electrons. The molecule has 0 unspecified atom stereocenters. The van der Waals surface area contributed by atoms with Crippen molar-refractivity contribution in [2.75, 3.05) is 13.7 Å². The SMILES string of the molecule is COc1ccc(OCC(=O)NNC(=S)NC(=O)c2cc(Br)ccc2OC(C)C)cc1. The number of rotatable bonds is 7. The van der Waals surface area contributed by atoms with E-state index in [0.717, 1.165) is 0 Å². The average Bonchev–Trinajstić information content (AvgIpc) is 2.72. The minimum Gasteiger partial charge on any atom is -0.497 e. The number of hydrogen-bond acceptors (Lipinski definition) is 6. The Bertz CT molecular complexity index is 906. The number of carbonyl (C=O) groups is 2. The summed E-state index contributed by atoms with van der Waals surface area (Å²) in [4.78, 5) is 24.4. The molecule has 2 amide bonds. The highest BCUT2D eigenvalue weighted by Crippen LogP contribution is 2.24. The van der Waals surface area contributed by atoms with Crippen LogP contribution in [0.15, 0.2) is 46.9 Å². The molecular weight excluding hydrogens is 474 g/mol. The number of hydrogen-bond donors (Lipinski definition) is 3. The molecule has 2 aromatic carbocycles. The first kappa shape index (κ1) is 23.4. The molecule has 0 spiro atoms. The Morgan fingerprint density at radius 2 is 1.73 bits per heavy atom. The van der Waals surface area contributed by atoms with Gasteiger partial charge in [0.25, 0.3) is 11.8 Å². The molecule has 10 heteroatoms. The third-order valence-electron chi connectivity index (χ3n) is 3.52. The van der Waals surface area contributed by atoms with Crippen molar-refractivity contribution in [1.82, 2.24) is 16.2 Å². The Balaban J connectivity index is 1.83. The molecular formula is C20H22BrN3O5S. The maximum Gasteiger partial charge on any atom is 0.276 e. The van der Waals surface area contributed by atoms with Crippen molar-refractivity contribution in [3.05, 3.63) is 52.5 Å². The summed E-state index contributed by atoms with van der Waals surface area (Å²) in [6.45, 7) is 3.48. The van der Waals surface area contributed by atoms with Crippen LogP contribution in [0.25, 0.3) is 0 Å². The first-order valence-corrected chi connectivity index (χ1v) is 10.1. The first-order valence-electron chi connectivity index (χ1n) is 8.91. The van der Waals surface area contributed by atoms with Gasteiger partial charge in [-0.15, -0.1) is 0 Å². The summed E-state index contributed by atoms with van der Waals surface area (Å²) in [6, 6.07) is 11.9. The van der Waals surface area contributed by atoms with Gasteiger partial charge in [-0.2, -0.15) is 0 Å². The lowest BCUT2D eigenvalue weighted by Gasteiger charge is -2.15. The molecule has 0 heterocycles. The molecule has 8 nitrogen and oxygen atoms in total. The first-order chi connectivity index (χ1) is 14.3. The molecule has 0 saturated heterocycles. The van der Waals surface area contributed by atoms with Crippen LogP contribution in [0.4, 0.5) is 0 Å². The number of benzene rings is 2. The van der Waals surface area contributed by atoms with Crippen molar-refractivity contribution < 1.29 is 23.8 Å². The summed E-state index contributed by atoms with van der Waals surface area (Å²) < 4.78 is 16.8. The molecule has 0 aliphatic heterocycles. The number of nitrogens with one attached hydrogen (secondary N) is 3. The van der Waals surface area contributed by atoms with Crippen LogP contribution in [-0.2, 0) is 4.79 Å². The lowest BCUT2D eigenvalue weighted by atomic mass is 10.2. The predicted molar refractivity (Wildman–Crippen MR) is 120 cm³/mol. The van der Waals surface area contributed by atoms with Crippen molar-refractivity contribution in [1.29, 1.82) is 0 Å². The Labute approximate surface area is 188 Å². The van der Waals surface area contributed by atoms with Crippen LogP contribution in [0.1, 0.15) is 24.2 Å². The summed E-state index contributed by atoms with van der Waals surface area (Å²) in [6.07, 6.45) is -0.104. The van der Waals surface area contributed by atoms with Gasteiger partial charge < -0.3 is 14.2 Å². The molecule has 3 N–H and O–H groups in total. The fraction of sp³-hybridized carbons (Fsp3) is 0.250. The van der Waals surface area contributed by atoms with Gasteiger partial charge in [-0.05, 0) is 68.5 Å². The van der Waals surface area contributed by atoms with E-state index in [0.29, 0.717) is 27.3 Å². The van der Waals surface area contributed by atoms with Gasteiger partial charge in [0.05, 0.1) is 18.8 Å². The average molecular weight is 496 g/mol. The highest BCUT2D eigenvalue weighted by atomic mass is 79.9. The lowest BCUT2D eigenvalue weighted by Crippen LogP contribution is -2.49. The van der Waals surface area contributed by atoms with Crippen molar-refractivity contribution in [3.63, 3.8) is 0 Å². The zero-order valence-corrected chi connectivity index (χ0v) is 19.1. The fourth-order valence-corrected chi connectivity index (χ4v) is 2.73. The Morgan fingerprint density at radius 3 is 2.37 bits per heavy atom.